The second-order valence-electron chi connectivity index (χ2n) is 5.26. The summed E-state index contributed by atoms with van der Waals surface area (Å²) in [5, 5.41) is 7.51. The first kappa shape index (κ1) is 21.3. The van der Waals surface area contributed by atoms with Gasteiger partial charge < -0.3 is 15.5 Å². The van der Waals surface area contributed by atoms with Gasteiger partial charge in [-0.3, -0.25) is 0 Å². The van der Waals surface area contributed by atoms with Gasteiger partial charge in [-0.1, -0.05) is 23.2 Å². The third-order valence-electron chi connectivity index (χ3n) is 2.94. The smallest absolute Gasteiger partial charge is 0.229 e. The lowest BCUT2D eigenvalue weighted by molar-refractivity contribution is 0.405. The Kier molecular flexibility index (Phi) is 9.08. The summed E-state index contributed by atoms with van der Waals surface area (Å²) < 4.78 is 0.817. The van der Waals surface area contributed by atoms with Crippen LogP contribution in [0, 0.1) is 0 Å². The molecule has 0 amide bonds. The van der Waals surface area contributed by atoms with E-state index in [1.54, 1.807) is 24.4 Å². The molecule has 0 unspecified atom stereocenters. The number of nitrogens with one attached hydrogen (secondary N) is 2. The van der Waals surface area contributed by atoms with E-state index in [-0.39, 0.29) is 12.4 Å². The molecule has 1 aromatic heterocycles. The predicted octanol–water partition coefficient (Wildman–Crippen LogP) is 5.07. The van der Waals surface area contributed by atoms with Gasteiger partial charge in [0.2, 0.25) is 5.95 Å². The van der Waals surface area contributed by atoms with E-state index in [9.17, 15) is 0 Å². The highest BCUT2D eigenvalue weighted by Gasteiger charge is 2.06. The molecule has 0 radical (unpaired) electrons. The van der Waals surface area contributed by atoms with Crippen molar-refractivity contribution >= 4 is 69.0 Å². The zero-order valence-electron chi connectivity index (χ0n) is 13.3. The number of benzene rings is 1. The highest BCUT2D eigenvalue weighted by atomic mass is 79.9. The molecule has 0 bridgehead atoms. The van der Waals surface area contributed by atoms with E-state index in [1.165, 1.54) is 0 Å². The second kappa shape index (κ2) is 10.3. The molecule has 2 aromatic rings. The molecule has 0 saturated carbocycles. The first-order chi connectivity index (χ1) is 10.9. The monoisotopic (exact) mass is 453 g/mol. The van der Waals surface area contributed by atoms with Crippen LogP contribution in [-0.2, 0) is 0 Å². The minimum atomic E-state index is 0. The van der Waals surface area contributed by atoms with Gasteiger partial charge in [0, 0.05) is 28.5 Å². The van der Waals surface area contributed by atoms with Crippen LogP contribution in [0.1, 0.15) is 6.42 Å². The molecule has 1 aromatic carbocycles. The van der Waals surface area contributed by atoms with E-state index in [0.717, 1.165) is 35.5 Å². The van der Waals surface area contributed by atoms with Crippen molar-refractivity contribution in [2.45, 2.75) is 6.42 Å². The van der Waals surface area contributed by atoms with Crippen molar-refractivity contribution < 1.29 is 0 Å². The molecule has 1 heterocycles. The highest BCUT2D eigenvalue weighted by Crippen LogP contribution is 2.26. The lowest BCUT2D eigenvalue weighted by Gasteiger charge is -2.12. The van der Waals surface area contributed by atoms with Crippen LogP contribution in [0.2, 0.25) is 10.0 Å². The molecule has 0 atom stereocenters. The van der Waals surface area contributed by atoms with E-state index < -0.39 is 0 Å². The molecular weight excluding hydrogens is 436 g/mol. The summed E-state index contributed by atoms with van der Waals surface area (Å²) in [5.74, 6) is 1.22. The van der Waals surface area contributed by atoms with E-state index in [4.69, 9.17) is 23.2 Å². The molecule has 0 spiro atoms. The fourth-order valence-electron chi connectivity index (χ4n) is 1.91. The maximum absolute atomic E-state index is 5.99. The average molecular weight is 456 g/mol. The lowest BCUT2D eigenvalue weighted by atomic mass is 10.3. The summed E-state index contributed by atoms with van der Waals surface area (Å²) in [6.45, 7) is 1.85. The normalized spacial score (nSPS) is 10.4. The fraction of sp³-hybridized carbons (Fsp3) is 0.333. The minimum absolute atomic E-state index is 0. The van der Waals surface area contributed by atoms with Gasteiger partial charge >= 0.3 is 0 Å². The van der Waals surface area contributed by atoms with Crippen LogP contribution < -0.4 is 10.6 Å². The van der Waals surface area contributed by atoms with Gasteiger partial charge in [-0.25, -0.2) is 4.98 Å². The van der Waals surface area contributed by atoms with Crippen LogP contribution in [0.5, 0.6) is 0 Å². The third-order valence-corrected chi connectivity index (χ3v) is 3.95. The number of aromatic nitrogens is 2. The molecule has 2 N–H and O–H groups in total. The van der Waals surface area contributed by atoms with Gasteiger partial charge in [-0.2, -0.15) is 4.98 Å². The standard InChI is InChI=1S/C15H18BrCl2N5.ClH/c1-23(2)5-3-4-19-14-13(16)9-20-15(22-14)21-12-7-10(17)6-11(18)8-12;/h6-9H,3-5H2,1-2H3,(H2,19,20,21,22);1H. The molecule has 0 fully saturated rings. The Bertz CT molecular complexity index is 649. The summed E-state index contributed by atoms with van der Waals surface area (Å²) in [6, 6.07) is 5.21. The van der Waals surface area contributed by atoms with Crippen LogP contribution >= 0.6 is 51.5 Å². The fourth-order valence-corrected chi connectivity index (χ4v) is 2.77. The van der Waals surface area contributed by atoms with Gasteiger partial charge in [-0.05, 0) is 61.2 Å². The van der Waals surface area contributed by atoms with Crippen LogP contribution in [0.3, 0.4) is 0 Å². The number of anilines is 3. The molecule has 9 heteroatoms. The quantitative estimate of drug-likeness (QED) is 0.571. The topological polar surface area (TPSA) is 53.1 Å². The second-order valence-corrected chi connectivity index (χ2v) is 6.98. The zero-order chi connectivity index (χ0) is 16.8. The molecule has 2 rings (SSSR count). The summed E-state index contributed by atoms with van der Waals surface area (Å²) in [6.07, 6.45) is 2.73. The molecule has 0 aliphatic carbocycles. The Balaban J connectivity index is 0.00000288. The Morgan fingerprint density at radius 2 is 1.83 bits per heavy atom. The molecule has 0 saturated heterocycles. The Hall–Kier alpha value is -0.790. The number of hydrogen-bond donors (Lipinski definition) is 2. The first-order valence-corrected chi connectivity index (χ1v) is 8.63. The van der Waals surface area contributed by atoms with E-state index in [1.807, 2.05) is 0 Å². The van der Waals surface area contributed by atoms with E-state index in [2.05, 4.69) is 55.5 Å². The summed E-state index contributed by atoms with van der Waals surface area (Å²) in [5.41, 5.74) is 0.739. The molecular formula is C15H19BrCl3N5. The highest BCUT2D eigenvalue weighted by molar-refractivity contribution is 9.10. The lowest BCUT2D eigenvalue weighted by Crippen LogP contribution is -2.17. The van der Waals surface area contributed by atoms with Crippen molar-refractivity contribution in [1.82, 2.24) is 14.9 Å². The maximum Gasteiger partial charge on any atom is 0.229 e. The van der Waals surface area contributed by atoms with Gasteiger partial charge in [-0.15, -0.1) is 12.4 Å². The number of halogens is 4. The van der Waals surface area contributed by atoms with E-state index >= 15 is 0 Å². The minimum Gasteiger partial charge on any atom is -0.369 e. The summed E-state index contributed by atoms with van der Waals surface area (Å²) >= 11 is 15.4. The first-order valence-electron chi connectivity index (χ1n) is 7.08. The number of nitrogens with zero attached hydrogens (tertiary/aromatic N) is 3. The van der Waals surface area contributed by atoms with Crippen molar-refractivity contribution in [3.8, 4) is 0 Å². The molecule has 0 aliphatic rings. The van der Waals surface area contributed by atoms with Crippen molar-refractivity contribution in [2.24, 2.45) is 0 Å². The Morgan fingerprint density at radius 1 is 1.17 bits per heavy atom. The molecule has 132 valence electrons. The van der Waals surface area contributed by atoms with Crippen LogP contribution in [0.15, 0.2) is 28.9 Å². The molecule has 0 aliphatic heterocycles. The van der Waals surface area contributed by atoms with Gasteiger partial charge in [0.05, 0.1) is 4.47 Å². The maximum atomic E-state index is 5.99. The zero-order valence-corrected chi connectivity index (χ0v) is 17.2. The van der Waals surface area contributed by atoms with Crippen molar-refractivity contribution in [3.63, 3.8) is 0 Å². The van der Waals surface area contributed by atoms with Crippen molar-refractivity contribution in [2.75, 3.05) is 37.8 Å². The summed E-state index contributed by atoms with van der Waals surface area (Å²) in [7, 11) is 4.11. The average Bonchev–Trinajstić information content (AvgIpc) is 2.45. The van der Waals surface area contributed by atoms with E-state index in [0.29, 0.717) is 16.0 Å². The van der Waals surface area contributed by atoms with Crippen LogP contribution in [0.25, 0.3) is 0 Å². The summed E-state index contributed by atoms with van der Waals surface area (Å²) in [4.78, 5) is 10.9. The van der Waals surface area contributed by atoms with Crippen LogP contribution in [0.4, 0.5) is 17.5 Å². The third kappa shape index (κ3) is 6.99. The van der Waals surface area contributed by atoms with Gasteiger partial charge in [0.15, 0.2) is 0 Å². The Morgan fingerprint density at radius 3 is 2.46 bits per heavy atom. The van der Waals surface area contributed by atoms with Gasteiger partial charge in [0.1, 0.15) is 5.82 Å². The predicted molar refractivity (Wildman–Crippen MR) is 108 cm³/mol. The van der Waals surface area contributed by atoms with Crippen molar-refractivity contribution in [3.05, 3.63) is 38.9 Å². The van der Waals surface area contributed by atoms with Crippen molar-refractivity contribution in [1.29, 1.82) is 0 Å². The van der Waals surface area contributed by atoms with Gasteiger partial charge in [0.25, 0.3) is 0 Å². The molecule has 24 heavy (non-hydrogen) atoms. The number of hydrogen-bond acceptors (Lipinski definition) is 5. The Labute approximate surface area is 166 Å². The SMILES string of the molecule is CN(C)CCCNc1nc(Nc2cc(Cl)cc(Cl)c2)ncc1Br.Cl. The number of rotatable bonds is 7. The largest absolute Gasteiger partial charge is 0.369 e. The molecule has 5 nitrogen and oxygen atoms in total. The van der Waals surface area contributed by atoms with Crippen LogP contribution in [-0.4, -0.2) is 42.1 Å².